The highest BCUT2D eigenvalue weighted by Gasteiger charge is 2.45. The summed E-state index contributed by atoms with van der Waals surface area (Å²) in [5, 5.41) is 14.4. The molecule has 2 N–H and O–H groups in total. The molecule has 0 aromatic carbocycles. The minimum atomic E-state index is -3.30. The predicted molar refractivity (Wildman–Crippen MR) is 125 cm³/mol. The number of hydrogen-bond donors (Lipinski definition) is 0. The molecule has 0 unspecified atom stereocenters. The number of aryl methyl sites for hydroxylation is 2. The molecule has 1 fully saturated rings. The third kappa shape index (κ3) is 4.57. The Morgan fingerprint density at radius 1 is 1.31 bits per heavy atom. The minimum absolute atomic E-state index is 0. The molecule has 0 radical (unpaired) electrons. The van der Waals surface area contributed by atoms with Crippen LogP contribution in [0.1, 0.15) is 44.2 Å². The van der Waals surface area contributed by atoms with Crippen molar-refractivity contribution in [2.45, 2.75) is 51.1 Å². The Morgan fingerprint density at radius 2 is 2.03 bits per heavy atom. The maximum Gasteiger partial charge on any atom is 0.394 e. The summed E-state index contributed by atoms with van der Waals surface area (Å²) in [7, 11) is 1.83. The van der Waals surface area contributed by atoms with Gasteiger partial charge >= 0.3 is 6.11 Å². The fraction of sp³-hybridized carbons (Fsp3) is 0.375. The van der Waals surface area contributed by atoms with Gasteiger partial charge in [0.05, 0.1) is 23.2 Å². The van der Waals surface area contributed by atoms with E-state index in [1.165, 1.54) is 12.3 Å². The number of carbonyl (C=O) groups excluding carboxylic acids is 1. The molecule has 4 heterocycles. The van der Waals surface area contributed by atoms with Crippen LogP contribution in [-0.2, 0) is 23.7 Å². The second kappa shape index (κ2) is 9.38. The highest BCUT2D eigenvalue weighted by atomic mass is 19.3. The van der Waals surface area contributed by atoms with Crippen molar-refractivity contribution < 1.29 is 23.8 Å². The highest BCUT2D eigenvalue weighted by molar-refractivity contribution is 5.80. The summed E-state index contributed by atoms with van der Waals surface area (Å²) in [6.07, 6.45) is 3.35. The number of aromatic nitrogens is 5. The fourth-order valence-electron chi connectivity index (χ4n) is 4.18. The maximum atomic E-state index is 13.3. The molecule has 0 amide bonds. The van der Waals surface area contributed by atoms with Crippen LogP contribution >= 0.6 is 0 Å². The molecule has 4 aromatic heterocycles. The molecular weight excluding hydrogens is 458 g/mol. The van der Waals surface area contributed by atoms with Gasteiger partial charge in [0.2, 0.25) is 0 Å². The van der Waals surface area contributed by atoms with E-state index >= 15 is 0 Å². The largest absolute Gasteiger partial charge is 0.431 e. The summed E-state index contributed by atoms with van der Waals surface area (Å²) in [5.74, 6) is 0.553. The van der Waals surface area contributed by atoms with Crippen molar-refractivity contribution in [2.24, 2.45) is 7.05 Å². The van der Waals surface area contributed by atoms with E-state index in [0.29, 0.717) is 23.9 Å². The number of carbonyl (C=O) groups is 1. The molecule has 1 aliphatic rings. The van der Waals surface area contributed by atoms with Crippen molar-refractivity contribution in [1.82, 2.24) is 24.1 Å². The number of nitrogens with zero attached hydrogens (tertiary/aromatic N) is 6. The molecule has 1 aliphatic carbocycles. The van der Waals surface area contributed by atoms with E-state index < -0.39 is 11.5 Å². The van der Waals surface area contributed by atoms with Gasteiger partial charge in [-0.2, -0.15) is 19.1 Å². The van der Waals surface area contributed by atoms with Crippen LogP contribution in [0.5, 0.6) is 5.75 Å². The third-order valence-electron chi connectivity index (χ3n) is 5.94. The van der Waals surface area contributed by atoms with Crippen molar-refractivity contribution in [1.29, 1.82) is 5.26 Å². The molecule has 11 heteroatoms. The predicted octanol–water partition coefficient (Wildman–Crippen LogP) is 3.77. The van der Waals surface area contributed by atoms with Crippen molar-refractivity contribution in [3.63, 3.8) is 0 Å². The monoisotopic (exact) mass is 484 g/mol. The summed E-state index contributed by atoms with van der Waals surface area (Å²) in [5.41, 5.74) is 4.31. The first-order valence-electron chi connectivity index (χ1n) is 10.9. The van der Waals surface area contributed by atoms with Crippen LogP contribution in [0.3, 0.4) is 0 Å². The molecule has 1 saturated carbocycles. The van der Waals surface area contributed by atoms with E-state index in [9.17, 15) is 14.0 Å². The first kappa shape index (κ1) is 25.7. The quantitative estimate of drug-likeness (QED) is 0.410. The lowest BCUT2D eigenvalue weighted by Crippen LogP contribution is -2.19. The second-order valence-electron chi connectivity index (χ2n) is 8.44. The Balaban J connectivity index is 0.00000111. The molecule has 0 aliphatic heterocycles. The zero-order valence-electron chi connectivity index (χ0n) is 19.7. The van der Waals surface area contributed by atoms with E-state index in [1.807, 2.05) is 41.2 Å². The maximum absolute atomic E-state index is 13.3. The summed E-state index contributed by atoms with van der Waals surface area (Å²) in [4.78, 5) is 16.9. The van der Waals surface area contributed by atoms with E-state index in [1.54, 1.807) is 0 Å². The van der Waals surface area contributed by atoms with E-state index in [-0.39, 0.29) is 11.2 Å². The summed E-state index contributed by atoms with van der Waals surface area (Å²) >= 11 is 0. The molecule has 9 nitrogen and oxygen atoms in total. The van der Waals surface area contributed by atoms with Crippen LogP contribution in [0.15, 0.2) is 30.6 Å². The molecule has 5 rings (SSSR count). The zero-order valence-corrected chi connectivity index (χ0v) is 19.7. The van der Waals surface area contributed by atoms with Gasteiger partial charge in [-0.3, -0.25) is 0 Å². The van der Waals surface area contributed by atoms with Crippen molar-refractivity contribution >= 4 is 23.5 Å². The lowest BCUT2D eigenvalue weighted by molar-refractivity contribution is -0.159. The third-order valence-corrected chi connectivity index (χ3v) is 5.94. The zero-order chi connectivity index (χ0) is 24.7. The number of imidazole rings is 1. The Morgan fingerprint density at radius 3 is 2.63 bits per heavy atom. The van der Waals surface area contributed by atoms with Gasteiger partial charge in [0, 0.05) is 31.8 Å². The number of hydrogen-bond acceptors (Lipinski definition) is 6. The van der Waals surface area contributed by atoms with Gasteiger partial charge in [-0.15, -0.1) is 0 Å². The number of alkyl halides is 2. The Kier molecular flexibility index (Phi) is 6.89. The van der Waals surface area contributed by atoms with Crippen LogP contribution < -0.4 is 4.74 Å². The molecular formula is C24H26F2N6O3. The molecule has 0 atom stereocenters. The van der Waals surface area contributed by atoms with Gasteiger partial charge in [0.15, 0.2) is 11.5 Å². The smallest absolute Gasteiger partial charge is 0.394 e. The molecule has 4 aromatic rings. The van der Waals surface area contributed by atoms with Crippen molar-refractivity contribution in [3.8, 4) is 23.3 Å². The molecule has 35 heavy (non-hydrogen) atoms. The lowest BCUT2D eigenvalue weighted by atomic mass is 9.99. The second-order valence-corrected chi connectivity index (χ2v) is 8.44. The number of halogens is 2. The molecule has 0 bridgehead atoms. The molecule has 0 spiro atoms. The Bertz CT molecular complexity index is 1410. The Hall–Kier alpha value is -3.91. The standard InChI is InChI=1S/C23H22F2N6O.CH2O.H2O/c1-4-5-16-18-7-6-14(23(13-26)8-9-23)12-31(18)29-19(16)21-28-17-10-15(32-22(2,24)25)11-27-20(17)30(21)3;1-2;/h6-7,10-12H,4-5,8-9H2,1-3H3;1H2;1H2. The fourth-order valence-corrected chi connectivity index (χ4v) is 4.18. The van der Waals surface area contributed by atoms with Gasteiger partial charge in [-0.05, 0) is 30.9 Å². The van der Waals surface area contributed by atoms with Crippen molar-refractivity contribution in [2.75, 3.05) is 0 Å². The summed E-state index contributed by atoms with van der Waals surface area (Å²) in [6, 6.07) is 7.92. The number of pyridine rings is 2. The number of nitriles is 1. The lowest BCUT2D eigenvalue weighted by Gasteiger charge is -2.12. The summed E-state index contributed by atoms with van der Waals surface area (Å²) in [6.45, 7) is 4.78. The van der Waals surface area contributed by atoms with Gasteiger partial charge in [-0.1, -0.05) is 19.4 Å². The highest BCUT2D eigenvalue weighted by Crippen LogP contribution is 2.47. The first-order chi connectivity index (χ1) is 16.2. The van der Waals surface area contributed by atoms with E-state index in [0.717, 1.165) is 48.0 Å². The SMILES string of the molecule is C=O.CCCc1c(-c2nc3cc(OC(C)(F)F)cnc3n2C)nn2cc(C3(C#N)CC3)ccc12.O. The van der Waals surface area contributed by atoms with Crippen LogP contribution in [0.25, 0.3) is 28.2 Å². The Labute approximate surface area is 200 Å². The number of fused-ring (bicyclic) bond motifs is 2. The van der Waals surface area contributed by atoms with E-state index in [4.69, 9.17) is 9.89 Å². The minimum Gasteiger partial charge on any atom is -0.431 e. The summed E-state index contributed by atoms with van der Waals surface area (Å²) < 4.78 is 34.8. The average molecular weight is 485 g/mol. The van der Waals surface area contributed by atoms with Crippen LogP contribution in [0.4, 0.5) is 8.78 Å². The van der Waals surface area contributed by atoms with Crippen molar-refractivity contribution in [3.05, 3.63) is 41.7 Å². The molecule has 184 valence electrons. The normalized spacial score (nSPS) is 14.1. The van der Waals surface area contributed by atoms with Gasteiger partial charge in [0.1, 0.15) is 23.7 Å². The van der Waals surface area contributed by atoms with Crippen LogP contribution in [0.2, 0.25) is 0 Å². The number of rotatable bonds is 6. The van der Waals surface area contributed by atoms with Gasteiger partial charge < -0.3 is 19.6 Å². The average Bonchev–Trinajstić information content (AvgIpc) is 3.45. The topological polar surface area (TPSA) is 130 Å². The molecule has 0 saturated heterocycles. The van der Waals surface area contributed by atoms with Gasteiger partial charge in [-0.25, -0.2) is 14.5 Å². The first-order valence-corrected chi connectivity index (χ1v) is 10.9. The number of ether oxygens (including phenoxy) is 1. The van der Waals surface area contributed by atoms with Gasteiger partial charge in [0.25, 0.3) is 0 Å². The van der Waals surface area contributed by atoms with Crippen LogP contribution in [0, 0.1) is 11.3 Å². The van der Waals surface area contributed by atoms with E-state index in [2.05, 4.69) is 27.7 Å². The van der Waals surface area contributed by atoms with Crippen LogP contribution in [-0.4, -0.2) is 42.5 Å².